The van der Waals surface area contributed by atoms with Crippen molar-refractivity contribution in [3.8, 4) is 0 Å². The van der Waals surface area contributed by atoms with Crippen LogP contribution in [0.1, 0.15) is 54.1 Å². The number of rotatable bonds is 4. The smallest absolute Gasteiger partial charge is 0.338 e. The fraction of sp³-hybridized carbons (Fsp3) is 0.526. The van der Waals surface area contributed by atoms with Gasteiger partial charge >= 0.3 is 12.0 Å². The molecule has 2 atom stereocenters. The van der Waals surface area contributed by atoms with Gasteiger partial charge in [0.05, 0.1) is 5.56 Å². The molecule has 2 N–H and O–H groups in total. The summed E-state index contributed by atoms with van der Waals surface area (Å²) in [7, 11) is 0. The number of esters is 1. The quantitative estimate of drug-likeness (QED) is 0.821. The van der Waals surface area contributed by atoms with Crippen molar-refractivity contribution >= 4 is 17.9 Å². The van der Waals surface area contributed by atoms with Crippen LogP contribution in [0.4, 0.5) is 4.79 Å². The molecule has 0 aromatic heterocycles. The van der Waals surface area contributed by atoms with E-state index < -0.39 is 24.5 Å². The van der Waals surface area contributed by atoms with Crippen LogP contribution >= 0.6 is 0 Å². The van der Waals surface area contributed by atoms with Crippen LogP contribution in [0.2, 0.25) is 0 Å². The van der Waals surface area contributed by atoms with Crippen molar-refractivity contribution in [3.63, 3.8) is 0 Å². The van der Waals surface area contributed by atoms with E-state index in [1.54, 1.807) is 13.0 Å². The van der Waals surface area contributed by atoms with E-state index in [4.69, 9.17) is 4.74 Å². The van der Waals surface area contributed by atoms with Gasteiger partial charge in [-0.1, -0.05) is 37.5 Å². The fourth-order valence-electron chi connectivity index (χ4n) is 3.06. The van der Waals surface area contributed by atoms with Crippen LogP contribution in [0.3, 0.4) is 0 Å². The van der Waals surface area contributed by atoms with Gasteiger partial charge in [-0.15, -0.1) is 0 Å². The number of benzene rings is 1. The predicted octanol–water partition coefficient (Wildman–Crippen LogP) is 2.86. The Kier molecular flexibility index (Phi) is 6.56. The van der Waals surface area contributed by atoms with Crippen molar-refractivity contribution in [2.24, 2.45) is 5.92 Å². The van der Waals surface area contributed by atoms with Gasteiger partial charge in [0.1, 0.15) is 0 Å². The molecule has 1 aliphatic rings. The van der Waals surface area contributed by atoms with E-state index in [0.29, 0.717) is 11.5 Å². The highest BCUT2D eigenvalue weighted by molar-refractivity contribution is 5.97. The Morgan fingerprint density at radius 3 is 2.60 bits per heavy atom. The minimum atomic E-state index is -0.639. The van der Waals surface area contributed by atoms with E-state index in [1.165, 1.54) is 6.42 Å². The van der Waals surface area contributed by atoms with Crippen LogP contribution in [-0.2, 0) is 9.53 Å². The molecule has 3 amide bonds. The van der Waals surface area contributed by atoms with Gasteiger partial charge in [0.2, 0.25) is 0 Å². The van der Waals surface area contributed by atoms with E-state index in [9.17, 15) is 14.4 Å². The van der Waals surface area contributed by atoms with E-state index >= 15 is 0 Å². The summed E-state index contributed by atoms with van der Waals surface area (Å²) >= 11 is 0. The van der Waals surface area contributed by atoms with Crippen molar-refractivity contribution in [2.45, 2.75) is 52.5 Å². The second kappa shape index (κ2) is 8.65. The Morgan fingerprint density at radius 1 is 1.16 bits per heavy atom. The molecule has 6 heteroatoms. The van der Waals surface area contributed by atoms with Crippen molar-refractivity contribution in [3.05, 3.63) is 34.9 Å². The largest absolute Gasteiger partial charge is 0.452 e. The van der Waals surface area contributed by atoms with Gasteiger partial charge in [0.25, 0.3) is 5.91 Å². The molecular formula is C19H26N2O4. The lowest BCUT2D eigenvalue weighted by Gasteiger charge is -2.29. The number of nitrogens with one attached hydrogen (secondary N) is 2. The van der Waals surface area contributed by atoms with Gasteiger partial charge in [-0.25, -0.2) is 9.59 Å². The highest BCUT2D eigenvalue weighted by atomic mass is 16.5. The molecule has 1 aliphatic carbocycles. The number of aryl methyl sites for hydroxylation is 2. The number of hydrogen-bond donors (Lipinski definition) is 2. The summed E-state index contributed by atoms with van der Waals surface area (Å²) in [5.41, 5.74) is 2.14. The van der Waals surface area contributed by atoms with Crippen molar-refractivity contribution in [1.82, 2.24) is 10.6 Å². The molecule has 2 rings (SSSR count). The topological polar surface area (TPSA) is 84.5 Å². The SMILES string of the molecule is Cc1ccc(C)c(C(=O)OCC(=O)NC(=O)N[C@@H]2CCCC[C@H]2C)c1. The van der Waals surface area contributed by atoms with Crippen LogP contribution in [0.15, 0.2) is 18.2 Å². The van der Waals surface area contributed by atoms with E-state index in [1.807, 2.05) is 19.1 Å². The van der Waals surface area contributed by atoms with Gasteiger partial charge in [0, 0.05) is 6.04 Å². The van der Waals surface area contributed by atoms with Crippen LogP contribution in [0.25, 0.3) is 0 Å². The molecule has 0 spiro atoms. The number of imide groups is 1. The Labute approximate surface area is 148 Å². The summed E-state index contributed by atoms with van der Waals surface area (Å²) in [6.07, 6.45) is 4.25. The number of urea groups is 1. The van der Waals surface area contributed by atoms with Gasteiger partial charge < -0.3 is 10.1 Å². The Balaban J connectivity index is 1.79. The average molecular weight is 346 g/mol. The number of carbonyl (C=O) groups is 3. The number of amides is 3. The molecule has 0 bridgehead atoms. The lowest BCUT2D eigenvalue weighted by Crippen LogP contribution is -2.48. The molecule has 6 nitrogen and oxygen atoms in total. The summed E-state index contributed by atoms with van der Waals surface area (Å²) < 4.78 is 5.01. The molecule has 1 fully saturated rings. The fourth-order valence-corrected chi connectivity index (χ4v) is 3.06. The van der Waals surface area contributed by atoms with Gasteiger partial charge in [0.15, 0.2) is 6.61 Å². The average Bonchev–Trinajstić information content (AvgIpc) is 2.57. The van der Waals surface area contributed by atoms with Gasteiger partial charge in [-0.2, -0.15) is 0 Å². The van der Waals surface area contributed by atoms with Crippen LogP contribution < -0.4 is 10.6 Å². The second-order valence-corrected chi connectivity index (χ2v) is 6.78. The molecule has 0 saturated heterocycles. The summed E-state index contributed by atoms with van der Waals surface area (Å²) in [4.78, 5) is 35.8. The summed E-state index contributed by atoms with van der Waals surface area (Å²) in [5.74, 6) is -0.811. The van der Waals surface area contributed by atoms with E-state index in [2.05, 4.69) is 17.6 Å². The molecule has 1 aromatic rings. The Bertz CT molecular complexity index is 657. The maximum atomic E-state index is 12.1. The molecule has 0 aliphatic heterocycles. The first-order chi connectivity index (χ1) is 11.9. The van der Waals surface area contributed by atoms with Crippen molar-refractivity contribution in [1.29, 1.82) is 0 Å². The summed E-state index contributed by atoms with van der Waals surface area (Å²) in [5, 5.41) is 5.04. The molecule has 25 heavy (non-hydrogen) atoms. The molecule has 1 aromatic carbocycles. The van der Waals surface area contributed by atoms with Crippen LogP contribution in [0.5, 0.6) is 0 Å². The first-order valence-electron chi connectivity index (χ1n) is 8.71. The lowest BCUT2D eigenvalue weighted by atomic mass is 9.86. The van der Waals surface area contributed by atoms with Crippen LogP contribution in [-0.4, -0.2) is 30.6 Å². The molecule has 0 radical (unpaired) electrons. The van der Waals surface area contributed by atoms with Crippen LogP contribution in [0, 0.1) is 19.8 Å². The molecule has 136 valence electrons. The highest BCUT2D eigenvalue weighted by Crippen LogP contribution is 2.23. The van der Waals surface area contributed by atoms with Gasteiger partial charge in [-0.3, -0.25) is 10.1 Å². The lowest BCUT2D eigenvalue weighted by molar-refractivity contribution is -0.123. The third-order valence-electron chi connectivity index (χ3n) is 4.63. The first kappa shape index (κ1) is 19.0. The molecular weight excluding hydrogens is 320 g/mol. The van der Waals surface area contributed by atoms with E-state index in [-0.39, 0.29) is 6.04 Å². The van der Waals surface area contributed by atoms with Crippen molar-refractivity contribution in [2.75, 3.05) is 6.61 Å². The molecule has 1 saturated carbocycles. The maximum Gasteiger partial charge on any atom is 0.338 e. The monoisotopic (exact) mass is 346 g/mol. The molecule has 0 heterocycles. The highest BCUT2D eigenvalue weighted by Gasteiger charge is 2.23. The second-order valence-electron chi connectivity index (χ2n) is 6.78. The standard InChI is InChI=1S/C19H26N2O4/c1-12-8-9-13(2)15(10-12)18(23)25-11-17(22)21-19(24)20-16-7-5-4-6-14(16)3/h8-10,14,16H,4-7,11H2,1-3H3,(H2,20,21,22,24)/t14-,16-/m1/s1. The zero-order valence-electron chi connectivity index (χ0n) is 15.1. The first-order valence-corrected chi connectivity index (χ1v) is 8.71. The third-order valence-corrected chi connectivity index (χ3v) is 4.63. The molecule has 0 unspecified atom stereocenters. The normalized spacial score (nSPS) is 19.8. The zero-order chi connectivity index (χ0) is 18.4. The van der Waals surface area contributed by atoms with Gasteiger partial charge in [-0.05, 0) is 44.2 Å². The summed E-state index contributed by atoms with van der Waals surface area (Å²) in [6, 6.07) is 4.98. The third kappa shape index (κ3) is 5.59. The number of hydrogen-bond acceptors (Lipinski definition) is 4. The Hall–Kier alpha value is -2.37. The zero-order valence-corrected chi connectivity index (χ0v) is 15.1. The number of ether oxygens (including phenoxy) is 1. The Morgan fingerprint density at radius 2 is 1.88 bits per heavy atom. The maximum absolute atomic E-state index is 12.1. The minimum absolute atomic E-state index is 0.0824. The van der Waals surface area contributed by atoms with E-state index in [0.717, 1.165) is 30.4 Å². The minimum Gasteiger partial charge on any atom is -0.452 e. The predicted molar refractivity (Wildman–Crippen MR) is 94.3 cm³/mol. The summed E-state index contributed by atoms with van der Waals surface area (Å²) in [6.45, 7) is 5.28. The number of carbonyl (C=O) groups excluding carboxylic acids is 3. The van der Waals surface area contributed by atoms with Crippen molar-refractivity contribution < 1.29 is 19.1 Å².